The number of aromatic nitrogens is 1. The molecule has 1 N–H and O–H groups in total. The summed E-state index contributed by atoms with van der Waals surface area (Å²) >= 11 is 0. The van der Waals surface area contributed by atoms with Gasteiger partial charge in [0.1, 0.15) is 5.82 Å². The summed E-state index contributed by atoms with van der Waals surface area (Å²) in [5, 5.41) is 10.1. The monoisotopic (exact) mass is 271 g/mol. The maximum absolute atomic E-state index is 13.2. The van der Waals surface area contributed by atoms with Gasteiger partial charge in [0.25, 0.3) is 0 Å². The van der Waals surface area contributed by atoms with E-state index in [0.717, 1.165) is 42.7 Å². The van der Waals surface area contributed by atoms with E-state index in [1.807, 2.05) is 0 Å². The molecule has 6 heteroatoms. The summed E-state index contributed by atoms with van der Waals surface area (Å²) < 4.78 is 52.8. The molecule has 1 heterocycles. The summed E-state index contributed by atoms with van der Waals surface area (Å²) in [6, 6.07) is 5.89. The molecular formula is C13H9F4NO. The van der Waals surface area contributed by atoms with Gasteiger partial charge in [-0.3, -0.25) is 4.98 Å². The Morgan fingerprint density at radius 3 is 2.11 bits per heavy atom. The summed E-state index contributed by atoms with van der Waals surface area (Å²) in [5.74, 6) is -0.853. The van der Waals surface area contributed by atoms with Crippen LogP contribution in [0.15, 0.2) is 48.8 Å². The number of hydrogen-bond acceptors (Lipinski definition) is 2. The van der Waals surface area contributed by atoms with Crippen LogP contribution in [0.3, 0.4) is 0 Å². The molecule has 1 aromatic carbocycles. The Labute approximate surface area is 106 Å². The average molecular weight is 271 g/mol. The van der Waals surface area contributed by atoms with Gasteiger partial charge in [-0.15, -0.1) is 0 Å². The maximum Gasteiger partial charge on any atom is 0.425 e. The van der Waals surface area contributed by atoms with Gasteiger partial charge in [-0.1, -0.05) is 12.1 Å². The summed E-state index contributed by atoms with van der Waals surface area (Å²) in [5.41, 5.74) is -4.26. The second kappa shape index (κ2) is 4.62. The molecule has 0 amide bonds. The van der Waals surface area contributed by atoms with E-state index in [0.29, 0.717) is 6.07 Å². The van der Waals surface area contributed by atoms with Gasteiger partial charge in [0.2, 0.25) is 5.60 Å². The van der Waals surface area contributed by atoms with E-state index in [1.54, 1.807) is 0 Å². The predicted octanol–water partition coefficient (Wildman–Crippen LogP) is 3.02. The standard InChI is InChI=1S/C13H9F4NO/c14-11-3-1-2-10(8-11)12(19,13(15,16)17)9-4-6-18-7-5-9/h1-8,19H. The molecule has 2 nitrogen and oxygen atoms in total. The van der Waals surface area contributed by atoms with Crippen LogP contribution in [0.4, 0.5) is 17.6 Å². The van der Waals surface area contributed by atoms with Gasteiger partial charge in [0, 0.05) is 23.5 Å². The van der Waals surface area contributed by atoms with Crippen LogP contribution in [-0.2, 0) is 5.60 Å². The van der Waals surface area contributed by atoms with E-state index in [2.05, 4.69) is 4.98 Å². The highest BCUT2D eigenvalue weighted by molar-refractivity contribution is 5.37. The second-order valence-electron chi connectivity index (χ2n) is 3.95. The van der Waals surface area contributed by atoms with Crippen molar-refractivity contribution in [3.63, 3.8) is 0 Å². The second-order valence-corrected chi connectivity index (χ2v) is 3.95. The van der Waals surface area contributed by atoms with Crippen molar-refractivity contribution in [1.82, 2.24) is 4.98 Å². The van der Waals surface area contributed by atoms with Crippen molar-refractivity contribution in [2.24, 2.45) is 0 Å². The molecule has 2 rings (SSSR count). The van der Waals surface area contributed by atoms with Gasteiger partial charge in [-0.25, -0.2) is 4.39 Å². The number of rotatable bonds is 2. The smallest absolute Gasteiger partial charge is 0.372 e. The van der Waals surface area contributed by atoms with Crippen molar-refractivity contribution in [1.29, 1.82) is 0 Å². The van der Waals surface area contributed by atoms with Crippen LogP contribution in [0.25, 0.3) is 0 Å². The highest BCUT2D eigenvalue weighted by Gasteiger charge is 2.56. The zero-order chi connectivity index (χ0) is 14.1. The lowest BCUT2D eigenvalue weighted by molar-refractivity contribution is -0.248. The molecule has 0 aliphatic rings. The normalized spacial score (nSPS) is 15.0. The van der Waals surface area contributed by atoms with Crippen molar-refractivity contribution < 1.29 is 22.7 Å². The molecule has 0 saturated heterocycles. The van der Waals surface area contributed by atoms with Gasteiger partial charge in [0.15, 0.2) is 0 Å². The fourth-order valence-corrected chi connectivity index (χ4v) is 1.80. The van der Waals surface area contributed by atoms with E-state index in [4.69, 9.17) is 0 Å². The topological polar surface area (TPSA) is 33.1 Å². The first kappa shape index (κ1) is 13.5. The Bertz CT molecular complexity index is 570. The van der Waals surface area contributed by atoms with Crippen molar-refractivity contribution in [2.75, 3.05) is 0 Å². The molecule has 0 spiro atoms. The summed E-state index contributed by atoms with van der Waals surface area (Å²) in [7, 11) is 0. The zero-order valence-electron chi connectivity index (χ0n) is 9.53. The minimum Gasteiger partial charge on any atom is -0.372 e. The van der Waals surface area contributed by atoms with Crippen molar-refractivity contribution in [3.05, 3.63) is 65.7 Å². The van der Waals surface area contributed by atoms with Gasteiger partial charge in [-0.2, -0.15) is 13.2 Å². The molecule has 1 unspecified atom stereocenters. The molecule has 1 atom stereocenters. The lowest BCUT2D eigenvalue weighted by atomic mass is 9.86. The molecule has 0 saturated carbocycles. The molecule has 100 valence electrons. The van der Waals surface area contributed by atoms with E-state index in [-0.39, 0.29) is 0 Å². The highest BCUT2D eigenvalue weighted by Crippen LogP contribution is 2.43. The number of benzene rings is 1. The van der Waals surface area contributed by atoms with Crippen molar-refractivity contribution >= 4 is 0 Å². The van der Waals surface area contributed by atoms with E-state index < -0.39 is 28.7 Å². The number of hydrogen-bond donors (Lipinski definition) is 1. The number of nitrogens with zero attached hydrogens (tertiary/aromatic N) is 1. The third kappa shape index (κ3) is 2.31. The fraction of sp³-hybridized carbons (Fsp3) is 0.154. The van der Waals surface area contributed by atoms with Crippen molar-refractivity contribution in [3.8, 4) is 0 Å². The minimum atomic E-state index is -4.98. The summed E-state index contributed by atoms with van der Waals surface area (Å²) in [6.07, 6.45) is -2.72. The summed E-state index contributed by atoms with van der Waals surface area (Å²) in [6.45, 7) is 0. The molecule has 0 bridgehead atoms. The van der Waals surface area contributed by atoms with Crippen LogP contribution in [0.1, 0.15) is 11.1 Å². The number of pyridine rings is 1. The third-order valence-electron chi connectivity index (χ3n) is 2.75. The van der Waals surface area contributed by atoms with Gasteiger partial charge in [0.05, 0.1) is 0 Å². The SMILES string of the molecule is OC(c1ccncc1)(c1cccc(F)c1)C(F)(F)F. The predicted molar refractivity (Wildman–Crippen MR) is 59.7 cm³/mol. The third-order valence-corrected chi connectivity index (χ3v) is 2.75. The quantitative estimate of drug-likeness (QED) is 0.852. The largest absolute Gasteiger partial charge is 0.425 e. The molecular weight excluding hydrogens is 262 g/mol. The van der Waals surface area contributed by atoms with E-state index >= 15 is 0 Å². The Balaban J connectivity index is 2.66. The molecule has 0 aliphatic heterocycles. The Morgan fingerprint density at radius 1 is 0.947 bits per heavy atom. The molecule has 2 aromatic rings. The van der Waals surface area contributed by atoms with Crippen LogP contribution >= 0.6 is 0 Å². The summed E-state index contributed by atoms with van der Waals surface area (Å²) in [4.78, 5) is 3.60. The van der Waals surface area contributed by atoms with Crippen molar-refractivity contribution in [2.45, 2.75) is 11.8 Å². The lowest BCUT2D eigenvalue weighted by Gasteiger charge is -2.31. The van der Waals surface area contributed by atoms with Gasteiger partial charge >= 0.3 is 6.18 Å². The maximum atomic E-state index is 13.2. The Kier molecular flexibility index (Phi) is 3.28. The first-order valence-electron chi connectivity index (χ1n) is 5.31. The minimum absolute atomic E-state index is 0.416. The molecule has 0 aliphatic carbocycles. The van der Waals surface area contributed by atoms with E-state index in [9.17, 15) is 22.7 Å². The first-order chi connectivity index (χ1) is 8.85. The highest BCUT2D eigenvalue weighted by atomic mass is 19.4. The Morgan fingerprint density at radius 2 is 1.58 bits per heavy atom. The van der Waals surface area contributed by atoms with Crippen LogP contribution in [0.2, 0.25) is 0 Å². The van der Waals surface area contributed by atoms with Gasteiger partial charge in [-0.05, 0) is 24.3 Å². The van der Waals surface area contributed by atoms with Crippen LogP contribution in [-0.4, -0.2) is 16.3 Å². The Hall–Kier alpha value is -1.95. The zero-order valence-corrected chi connectivity index (χ0v) is 9.53. The molecule has 0 radical (unpaired) electrons. The molecule has 0 fully saturated rings. The van der Waals surface area contributed by atoms with Crippen LogP contribution < -0.4 is 0 Å². The number of halogens is 4. The first-order valence-corrected chi connectivity index (χ1v) is 5.31. The number of alkyl halides is 3. The lowest BCUT2D eigenvalue weighted by Crippen LogP contribution is -2.43. The number of aliphatic hydroxyl groups is 1. The van der Waals surface area contributed by atoms with Crippen LogP contribution in [0, 0.1) is 5.82 Å². The van der Waals surface area contributed by atoms with Crippen LogP contribution in [0.5, 0.6) is 0 Å². The fourth-order valence-electron chi connectivity index (χ4n) is 1.80. The van der Waals surface area contributed by atoms with Gasteiger partial charge < -0.3 is 5.11 Å². The molecule has 1 aromatic heterocycles. The molecule has 19 heavy (non-hydrogen) atoms. The average Bonchev–Trinajstić information content (AvgIpc) is 2.37. The van der Waals surface area contributed by atoms with E-state index in [1.165, 1.54) is 0 Å².